The Morgan fingerprint density at radius 2 is 2.03 bits per heavy atom. The van der Waals surface area contributed by atoms with E-state index in [0.717, 1.165) is 49.9 Å². The van der Waals surface area contributed by atoms with E-state index in [9.17, 15) is 5.11 Å². The molecule has 0 radical (unpaired) electrons. The van der Waals surface area contributed by atoms with Crippen LogP contribution >= 0.6 is 23.2 Å². The molecule has 6 nitrogen and oxygen atoms in total. The predicted molar refractivity (Wildman–Crippen MR) is 122 cm³/mol. The van der Waals surface area contributed by atoms with Crippen molar-refractivity contribution in [3.8, 4) is 0 Å². The SMILES string of the molecule is CC(Nc1cncc(N2CC(C3CCCN(CCO)C3)C2)n1)c1ccc(Cl)cc1Cl. The second kappa shape index (κ2) is 9.69. The number of rotatable bonds is 7. The minimum atomic E-state index is -0.0109. The summed E-state index contributed by atoms with van der Waals surface area (Å²) < 4.78 is 0. The van der Waals surface area contributed by atoms with Crippen molar-refractivity contribution in [1.82, 2.24) is 14.9 Å². The molecule has 2 atom stereocenters. The van der Waals surface area contributed by atoms with Gasteiger partial charge in [-0.2, -0.15) is 0 Å². The Morgan fingerprint density at radius 1 is 1.20 bits per heavy atom. The van der Waals surface area contributed by atoms with E-state index in [2.05, 4.69) is 20.1 Å². The first-order chi connectivity index (χ1) is 14.5. The Kier molecular flexibility index (Phi) is 6.98. The van der Waals surface area contributed by atoms with E-state index in [-0.39, 0.29) is 12.6 Å². The summed E-state index contributed by atoms with van der Waals surface area (Å²) in [7, 11) is 0. The number of benzene rings is 1. The number of hydrogen-bond donors (Lipinski definition) is 2. The molecule has 0 bridgehead atoms. The zero-order chi connectivity index (χ0) is 21.1. The molecule has 8 heteroatoms. The maximum Gasteiger partial charge on any atom is 0.149 e. The lowest BCUT2D eigenvalue weighted by atomic mass is 9.80. The predicted octanol–water partition coefficient (Wildman–Crippen LogP) is 4.10. The molecule has 2 fully saturated rings. The van der Waals surface area contributed by atoms with E-state index in [1.54, 1.807) is 12.3 Å². The molecule has 162 valence electrons. The van der Waals surface area contributed by atoms with Gasteiger partial charge in [0.15, 0.2) is 0 Å². The van der Waals surface area contributed by atoms with E-state index in [1.807, 2.05) is 25.3 Å². The highest BCUT2D eigenvalue weighted by molar-refractivity contribution is 6.35. The van der Waals surface area contributed by atoms with Gasteiger partial charge in [-0.25, -0.2) is 4.98 Å². The summed E-state index contributed by atoms with van der Waals surface area (Å²) in [4.78, 5) is 13.9. The van der Waals surface area contributed by atoms with E-state index in [1.165, 1.54) is 12.8 Å². The molecule has 30 heavy (non-hydrogen) atoms. The van der Waals surface area contributed by atoms with Crippen LogP contribution in [-0.4, -0.2) is 59.3 Å². The van der Waals surface area contributed by atoms with Crippen molar-refractivity contribution in [3.05, 3.63) is 46.2 Å². The quantitative estimate of drug-likeness (QED) is 0.663. The molecule has 2 unspecified atom stereocenters. The lowest BCUT2D eigenvalue weighted by Gasteiger charge is -2.47. The van der Waals surface area contributed by atoms with Crippen LogP contribution in [0, 0.1) is 11.8 Å². The molecule has 2 N–H and O–H groups in total. The van der Waals surface area contributed by atoms with Crippen LogP contribution in [0.4, 0.5) is 11.6 Å². The largest absolute Gasteiger partial charge is 0.395 e. The molecule has 2 aliphatic heterocycles. The number of aliphatic hydroxyl groups excluding tert-OH is 1. The van der Waals surface area contributed by atoms with Crippen molar-refractivity contribution in [2.75, 3.05) is 49.5 Å². The van der Waals surface area contributed by atoms with Crippen molar-refractivity contribution in [3.63, 3.8) is 0 Å². The molecule has 1 aromatic carbocycles. The molecule has 2 aliphatic rings. The minimum Gasteiger partial charge on any atom is -0.395 e. The van der Waals surface area contributed by atoms with Crippen LogP contribution in [0.3, 0.4) is 0 Å². The van der Waals surface area contributed by atoms with Gasteiger partial charge in [0.1, 0.15) is 11.6 Å². The van der Waals surface area contributed by atoms with E-state index < -0.39 is 0 Å². The number of nitrogens with zero attached hydrogens (tertiary/aromatic N) is 4. The third-order valence-corrected chi connectivity index (χ3v) is 6.84. The van der Waals surface area contributed by atoms with Gasteiger partial charge >= 0.3 is 0 Å². The van der Waals surface area contributed by atoms with E-state index in [0.29, 0.717) is 21.9 Å². The number of hydrogen-bond acceptors (Lipinski definition) is 6. The zero-order valence-corrected chi connectivity index (χ0v) is 18.8. The Labute approximate surface area is 188 Å². The van der Waals surface area contributed by atoms with Crippen LogP contribution in [0.15, 0.2) is 30.6 Å². The number of anilines is 2. The summed E-state index contributed by atoms with van der Waals surface area (Å²) in [6, 6.07) is 5.52. The fraction of sp³-hybridized carbons (Fsp3) is 0.545. The van der Waals surface area contributed by atoms with Gasteiger partial charge < -0.3 is 20.2 Å². The highest BCUT2D eigenvalue weighted by Crippen LogP contribution is 2.34. The van der Waals surface area contributed by atoms with E-state index in [4.69, 9.17) is 28.2 Å². The summed E-state index contributed by atoms with van der Waals surface area (Å²) in [5.41, 5.74) is 0.974. The number of likely N-dealkylation sites (tertiary alicyclic amines) is 1. The number of β-amino-alcohol motifs (C(OH)–C–C–N with tert-alkyl or cyclic N) is 1. The topological polar surface area (TPSA) is 64.5 Å². The zero-order valence-electron chi connectivity index (χ0n) is 17.3. The molecule has 0 amide bonds. The Morgan fingerprint density at radius 3 is 2.80 bits per heavy atom. The fourth-order valence-electron chi connectivity index (χ4n) is 4.55. The number of nitrogens with one attached hydrogen (secondary N) is 1. The fourth-order valence-corrected chi connectivity index (χ4v) is 5.12. The highest BCUT2D eigenvalue weighted by Gasteiger charge is 2.36. The third kappa shape index (κ3) is 4.99. The van der Waals surface area contributed by atoms with Crippen molar-refractivity contribution in [2.24, 2.45) is 11.8 Å². The van der Waals surface area contributed by atoms with Crippen molar-refractivity contribution < 1.29 is 5.11 Å². The Bertz CT molecular complexity index is 859. The van der Waals surface area contributed by atoms with Crippen LogP contribution in [0.25, 0.3) is 0 Å². The minimum absolute atomic E-state index is 0.0109. The molecular weight excluding hydrogens is 421 g/mol. The van der Waals surface area contributed by atoms with Crippen LogP contribution in [-0.2, 0) is 0 Å². The maximum atomic E-state index is 9.21. The number of piperidine rings is 1. The van der Waals surface area contributed by atoms with Gasteiger partial charge in [-0.3, -0.25) is 4.98 Å². The average molecular weight is 450 g/mol. The Balaban J connectivity index is 1.34. The smallest absolute Gasteiger partial charge is 0.149 e. The standard InChI is InChI=1S/C22H29Cl2N5O/c1-15(19-5-4-18(23)9-20(19)24)26-21-10-25-11-22(27-21)29-13-17(14-29)16-3-2-6-28(12-16)7-8-30/h4-5,9-11,15-17,30H,2-3,6-8,12-14H2,1H3,(H,26,27). The van der Waals surface area contributed by atoms with Gasteiger partial charge in [-0.05, 0) is 55.8 Å². The summed E-state index contributed by atoms with van der Waals surface area (Å²) in [5, 5.41) is 13.9. The summed E-state index contributed by atoms with van der Waals surface area (Å²) in [5.74, 6) is 3.05. The number of aromatic nitrogens is 2. The first kappa shape index (κ1) is 21.6. The molecule has 3 heterocycles. The summed E-state index contributed by atoms with van der Waals surface area (Å²) in [6.07, 6.45) is 6.09. The molecule has 2 saturated heterocycles. The van der Waals surface area contributed by atoms with Crippen LogP contribution in [0.1, 0.15) is 31.4 Å². The van der Waals surface area contributed by atoms with E-state index >= 15 is 0 Å². The summed E-state index contributed by atoms with van der Waals surface area (Å²) >= 11 is 12.3. The second-order valence-corrected chi connectivity index (χ2v) is 9.23. The molecule has 0 saturated carbocycles. The lowest BCUT2D eigenvalue weighted by molar-refractivity contribution is 0.101. The molecule has 4 rings (SSSR count). The second-order valence-electron chi connectivity index (χ2n) is 8.39. The third-order valence-electron chi connectivity index (χ3n) is 6.27. The molecular formula is C22H29Cl2N5O. The van der Waals surface area contributed by atoms with Crippen molar-refractivity contribution >= 4 is 34.8 Å². The molecule has 0 aliphatic carbocycles. The normalized spacial score (nSPS) is 21.3. The van der Waals surface area contributed by atoms with Gasteiger partial charge in [0.05, 0.1) is 25.0 Å². The maximum absolute atomic E-state index is 9.21. The average Bonchev–Trinajstić information content (AvgIpc) is 2.68. The highest BCUT2D eigenvalue weighted by atomic mass is 35.5. The van der Waals surface area contributed by atoms with Crippen LogP contribution < -0.4 is 10.2 Å². The first-order valence-corrected chi connectivity index (χ1v) is 11.4. The van der Waals surface area contributed by atoms with Gasteiger partial charge in [0, 0.05) is 36.2 Å². The number of halogens is 2. The van der Waals surface area contributed by atoms with Gasteiger partial charge in [-0.1, -0.05) is 29.3 Å². The van der Waals surface area contributed by atoms with Crippen molar-refractivity contribution in [2.45, 2.75) is 25.8 Å². The van der Waals surface area contributed by atoms with Gasteiger partial charge in [0.25, 0.3) is 0 Å². The molecule has 2 aromatic rings. The molecule has 0 spiro atoms. The van der Waals surface area contributed by atoms with Gasteiger partial charge in [0.2, 0.25) is 0 Å². The number of aliphatic hydroxyl groups is 1. The lowest BCUT2D eigenvalue weighted by Crippen LogP contribution is -2.54. The first-order valence-electron chi connectivity index (χ1n) is 10.6. The Hall–Kier alpha value is -1.60. The van der Waals surface area contributed by atoms with Crippen molar-refractivity contribution in [1.29, 1.82) is 0 Å². The molecule has 1 aromatic heterocycles. The van der Waals surface area contributed by atoms with Crippen LogP contribution in [0.2, 0.25) is 10.0 Å². The van der Waals surface area contributed by atoms with Crippen LogP contribution in [0.5, 0.6) is 0 Å². The monoisotopic (exact) mass is 449 g/mol. The summed E-state index contributed by atoms with van der Waals surface area (Å²) in [6.45, 7) is 7.35. The van der Waals surface area contributed by atoms with Gasteiger partial charge in [-0.15, -0.1) is 0 Å².